The second-order valence-corrected chi connectivity index (χ2v) is 4.72. The highest BCUT2D eigenvalue weighted by molar-refractivity contribution is 9.10. The summed E-state index contributed by atoms with van der Waals surface area (Å²) in [6.07, 6.45) is 0. The van der Waals surface area contributed by atoms with E-state index in [4.69, 9.17) is 10.5 Å². The van der Waals surface area contributed by atoms with E-state index in [1.807, 2.05) is 37.3 Å². The fourth-order valence-corrected chi connectivity index (χ4v) is 1.95. The van der Waals surface area contributed by atoms with Crippen LogP contribution in [-0.4, -0.2) is 12.1 Å². The SMILES string of the molecule is COc1cc(Nc2nc(C)ccc2N)ccc1Br. The molecule has 94 valence electrons. The van der Waals surface area contributed by atoms with E-state index in [-0.39, 0.29) is 0 Å². The molecule has 0 amide bonds. The number of hydrogen-bond donors (Lipinski definition) is 2. The Balaban J connectivity index is 2.31. The van der Waals surface area contributed by atoms with Crippen molar-refractivity contribution >= 4 is 33.1 Å². The Morgan fingerprint density at radius 3 is 2.78 bits per heavy atom. The Morgan fingerprint density at radius 2 is 2.06 bits per heavy atom. The molecule has 5 heteroatoms. The van der Waals surface area contributed by atoms with Crippen LogP contribution in [0.15, 0.2) is 34.8 Å². The topological polar surface area (TPSA) is 60.2 Å². The van der Waals surface area contributed by atoms with Gasteiger partial charge in [0.05, 0.1) is 17.3 Å². The number of ether oxygens (including phenoxy) is 1. The molecule has 0 atom stereocenters. The third kappa shape index (κ3) is 2.73. The van der Waals surface area contributed by atoms with Crippen molar-refractivity contribution in [2.24, 2.45) is 0 Å². The molecule has 0 radical (unpaired) electrons. The number of hydrogen-bond acceptors (Lipinski definition) is 4. The van der Waals surface area contributed by atoms with Crippen LogP contribution in [0.25, 0.3) is 0 Å². The summed E-state index contributed by atoms with van der Waals surface area (Å²) in [6.45, 7) is 1.92. The fourth-order valence-electron chi connectivity index (χ4n) is 1.54. The van der Waals surface area contributed by atoms with Crippen molar-refractivity contribution in [3.05, 3.63) is 40.5 Å². The van der Waals surface area contributed by atoms with Crippen molar-refractivity contribution in [1.29, 1.82) is 0 Å². The second kappa shape index (κ2) is 5.27. The number of benzene rings is 1. The Kier molecular flexibility index (Phi) is 3.72. The normalized spacial score (nSPS) is 10.2. The number of anilines is 3. The number of rotatable bonds is 3. The average Bonchev–Trinajstić information content (AvgIpc) is 2.36. The molecule has 0 spiro atoms. The van der Waals surface area contributed by atoms with E-state index in [9.17, 15) is 0 Å². The first-order valence-electron chi connectivity index (χ1n) is 5.44. The van der Waals surface area contributed by atoms with E-state index in [0.29, 0.717) is 11.5 Å². The number of aromatic nitrogens is 1. The summed E-state index contributed by atoms with van der Waals surface area (Å²) in [4.78, 5) is 4.36. The summed E-state index contributed by atoms with van der Waals surface area (Å²) in [6, 6.07) is 9.43. The smallest absolute Gasteiger partial charge is 0.153 e. The van der Waals surface area contributed by atoms with E-state index in [1.165, 1.54) is 0 Å². The summed E-state index contributed by atoms with van der Waals surface area (Å²) < 4.78 is 6.14. The van der Waals surface area contributed by atoms with Crippen molar-refractivity contribution in [2.75, 3.05) is 18.2 Å². The number of nitrogens with zero attached hydrogens (tertiary/aromatic N) is 1. The van der Waals surface area contributed by atoms with Crippen molar-refractivity contribution in [3.63, 3.8) is 0 Å². The lowest BCUT2D eigenvalue weighted by Crippen LogP contribution is -2.00. The molecule has 2 rings (SSSR count). The van der Waals surface area contributed by atoms with Crippen LogP contribution in [0.3, 0.4) is 0 Å². The molecule has 0 saturated heterocycles. The van der Waals surface area contributed by atoms with Gasteiger partial charge in [-0.25, -0.2) is 4.98 Å². The lowest BCUT2D eigenvalue weighted by atomic mass is 10.3. The van der Waals surface area contributed by atoms with Crippen LogP contribution >= 0.6 is 15.9 Å². The van der Waals surface area contributed by atoms with Crippen molar-refractivity contribution < 1.29 is 4.74 Å². The summed E-state index contributed by atoms with van der Waals surface area (Å²) >= 11 is 3.41. The second-order valence-electron chi connectivity index (χ2n) is 3.86. The van der Waals surface area contributed by atoms with Crippen LogP contribution in [-0.2, 0) is 0 Å². The zero-order valence-corrected chi connectivity index (χ0v) is 11.8. The maximum Gasteiger partial charge on any atom is 0.153 e. The molecule has 1 aromatic heterocycles. The number of nitrogens with one attached hydrogen (secondary N) is 1. The maximum absolute atomic E-state index is 5.87. The van der Waals surface area contributed by atoms with Gasteiger partial charge in [-0.1, -0.05) is 0 Å². The Hall–Kier alpha value is -1.75. The lowest BCUT2D eigenvalue weighted by molar-refractivity contribution is 0.412. The molecule has 3 N–H and O–H groups in total. The van der Waals surface area contributed by atoms with Crippen LogP contribution in [0.1, 0.15) is 5.69 Å². The molecular weight excluding hydrogens is 294 g/mol. The largest absolute Gasteiger partial charge is 0.495 e. The minimum absolute atomic E-state index is 0.613. The molecule has 1 aromatic carbocycles. The van der Waals surface area contributed by atoms with Gasteiger partial charge >= 0.3 is 0 Å². The summed E-state index contributed by atoms with van der Waals surface area (Å²) in [5, 5.41) is 3.18. The standard InChI is InChI=1S/C13H14BrN3O/c1-8-3-6-11(15)13(16-8)17-9-4-5-10(14)12(7-9)18-2/h3-7H,15H2,1-2H3,(H,16,17). The summed E-state index contributed by atoms with van der Waals surface area (Å²) in [7, 11) is 1.63. The minimum atomic E-state index is 0.613. The predicted octanol–water partition coefficient (Wildman–Crippen LogP) is 3.49. The molecule has 0 bridgehead atoms. The average molecular weight is 308 g/mol. The number of halogens is 1. The first kappa shape index (κ1) is 12.7. The molecule has 0 aliphatic carbocycles. The van der Waals surface area contributed by atoms with Gasteiger partial charge in [-0.2, -0.15) is 0 Å². The predicted molar refractivity (Wildman–Crippen MR) is 77.4 cm³/mol. The molecule has 4 nitrogen and oxygen atoms in total. The van der Waals surface area contributed by atoms with Crippen molar-refractivity contribution in [2.45, 2.75) is 6.92 Å². The van der Waals surface area contributed by atoms with Gasteiger partial charge in [0.1, 0.15) is 5.75 Å². The molecule has 1 heterocycles. The molecule has 0 aliphatic rings. The van der Waals surface area contributed by atoms with E-state index < -0.39 is 0 Å². The molecule has 0 saturated carbocycles. The van der Waals surface area contributed by atoms with Gasteiger partial charge in [-0.3, -0.25) is 0 Å². The van der Waals surface area contributed by atoms with Crippen LogP contribution in [0, 0.1) is 6.92 Å². The molecule has 0 aliphatic heterocycles. The minimum Gasteiger partial charge on any atom is -0.495 e. The Bertz CT molecular complexity index is 572. The van der Waals surface area contributed by atoms with Gasteiger partial charge in [0.25, 0.3) is 0 Å². The monoisotopic (exact) mass is 307 g/mol. The van der Waals surface area contributed by atoms with Gasteiger partial charge in [-0.15, -0.1) is 0 Å². The number of nitrogens with two attached hydrogens (primary N) is 1. The van der Waals surface area contributed by atoms with Gasteiger partial charge in [0.2, 0.25) is 0 Å². The van der Waals surface area contributed by atoms with Crippen molar-refractivity contribution in [1.82, 2.24) is 4.98 Å². The molecular formula is C13H14BrN3O. The first-order valence-corrected chi connectivity index (χ1v) is 6.23. The lowest BCUT2D eigenvalue weighted by Gasteiger charge is -2.11. The van der Waals surface area contributed by atoms with Gasteiger partial charge in [-0.05, 0) is 47.1 Å². The van der Waals surface area contributed by atoms with E-state index in [1.54, 1.807) is 7.11 Å². The molecule has 18 heavy (non-hydrogen) atoms. The molecule has 2 aromatic rings. The highest BCUT2D eigenvalue weighted by atomic mass is 79.9. The zero-order valence-electron chi connectivity index (χ0n) is 10.2. The van der Waals surface area contributed by atoms with Crippen LogP contribution < -0.4 is 15.8 Å². The number of pyridine rings is 1. The van der Waals surface area contributed by atoms with Crippen LogP contribution in [0.2, 0.25) is 0 Å². The maximum atomic E-state index is 5.87. The van der Waals surface area contributed by atoms with E-state index in [0.717, 1.165) is 21.6 Å². The quantitative estimate of drug-likeness (QED) is 0.911. The third-order valence-corrected chi connectivity index (χ3v) is 3.13. The highest BCUT2D eigenvalue weighted by Gasteiger charge is 2.05. The van der Waals surface area contributed by atoms with E-state index in [2.05, 4.69) is 26.2 Å². The van der Waals surface area contributed by atoms with Gasteiger partial charge < -0.3 is 15.8 Å². The third-order valence-electron chi connectivity index (χ3n) is 2.48. The zero-order chi connectivity index (χ0) is 13.1. The first-order chi connectivity index (χ1) is 8.60. The van der Waals surface area contributed by atoms with Crippen LogP contribution in [0.5, 0.6) is 5.75 Å². The van der Waals surface area contributed by atoms with E-state index >= 15 is 0 Å². The van der Waals surface area contributed by atoms with Crippen molar-refractivity contribution in [3.8, 4) is 5.75 Å². The number of aryl methyl sites for hydroxylation is 1. The molecule has 0 unspecified atom stereocenters. The Morgan fingerprint density at radius 1 is 1.28 bits per heavy atom. The fraction of sp³-hybridized carbons (Fsp3) is 0.154. The summed E-state index contributed by atoms with van der Waals surface area (Å²) in [5.41, 5.74) is 8.27. The number of nitrogen functional groups attached to an aromatic ring is 1. The molecule has 0 fully saturated rings. The summed E-state index contributed by atoms with van der Waals surface area (Å²) in [5.74, 6) is 1.41. The van der Waals surface area contributed by atoms with Gasteiger partial charge in [0, 0.05) is 17.4 Å². The number of methoxy groups -OCH3 is 1. The highest BCUT2D eigenvalue weighted by Crippen LogP contribution is 2.30. The van der Waals surface area contributed by atoms with Crippen LogP contribution in [0.4, 0.5) is 17.2 Å². The van der Waals surface area contributed by atoms with Gasteiger partial charge in [0.15, 0.2) is 5.82 Å². The Labute approximate surface area is 114 Å².